The minimum Gasteiger partial charge on any atom is -0.507 e. The summed E-state index contributed by atoms with van der Waals surface area (Å²) < 4.78 is 14.5. The maximum absolute atomic E-state index is 13.6. The highest BCUT2D eigenvalue weighted by Crippen LogP contribution is 2.45. The lowest BCUT2D eigenvalue weighted by Crippen LogP contribution is -2.29. The van der Waals surface area contributed by atoms with Crippen LogP contribution >= 0.6 is 11.3 Å². The number of rotatable bonds is 3. The molecule has 1 saturated heterocycles. The molecular formula is C30H27FN2O3S. The highest BCUT2D eigenvalue weighted by atomic mass is 32.1. The number of carbonyl (C=O) groups is 2. The highest BCUT2D eigenvalue weighted by Gasteiger charge is 2.48. The minimum atomic E-state index is -0.888. The van der Waals surface area contributed by atoms with Gasteiger partial charge in [0.1, 0.15) is 11.6 Å². The van der Waals surface area contributed by atoms with Gasteiger partial charge in [-0.05, 0) is 71.8 Å². The molecule has 1 aliphatic heterocycles. The molecule has 37 heavy (non-hydrogen) atoms. The van der Waals surface area contributed by atoms with E-state index in [0.29, 0.717) is 10.7 Å². The van der Waals surface area contributed by atoms with E-state index in [2.05, 4.69) is 20.8 Å². The number of Topliss-reactive ketones (excluding diaryl/α,β-unsaturated/α-hetero) is 1. The lowest BCUT2D eigenvalue weighted by molar-refractivity contribution is -0.132. The lowest BCUT2D eigenvalue weighted by atomic mass is 9.85. The lowest BCUT2D eigenvalue weighted by Gasteiger charge is -2.24. The number of amides is 1. The molecule has 188 valence electrons. The van der Waals surface area contributed by atoms with Gasteiger partial charge < -0.3 is 5.11 Å². The maximum Gasteiger partial charge on any atom is 0.301 e. The molecule has 1 atom stereocenters. The molecule has 1 aromatic heterocycles. The molecule has 3 aromatic carbocycles. The zero-order chi connectivity index (χ0) is 26.6. The molecule has 0 spiro atoms. The molecular weight excluding hydrogens is 487 g/mol. The minimum absolute atomic E-state index is 0.0488. The summed E-state index contributed by atoms with van der Waals surface area (Å²) in [6, 6.07) is 16.0. The third kappa shape index (κ3) is 4.33. The number of hydrogen-bond donors (Lipinski definition) is 1. The molecule has 7 heteroatoms. The van der Waals surface area contributed by atoms with Gasteiger partial charge >= 0.3 is 5.91 Å². The van der Waals surface area contributed by atoms with Crippen LogP contribution in [0.15, 0.2) is 66.2 Å². The number of aromatic nitrogens is 1. The van der Waals surface area contributed by atoms with E-state index in [1.54, 1.807) is 0 Å². The number of thiazole rings is 1. The second-order valence-corrected chi connectivity index (χ2v) is 11.5. The second-order valence-electron chi connectivity index (χ2n) is 10.5. The molecule has 0 bridgehead atoms. The van der Waals surface area contributed by atoms with Crippen LogP contribution < -0.4 is 4.90 Å². The van der Waals surface area contributed by atoms with Crippen molar-refractivity contribution in [3.63, 3.8) is 0 Å². The van der Waals surface area contributed by atoms with Gasteiger partial charge in [-0.25, -0.2) is 9.37 Å². The van der Waals surface area contributed by atoms with Crippen LogP contribution in [0.25, 0.3) is 16.0 Å². The number of benzene rings is 3. The van der Waals surface area contributed by atoms with Gasteiger partial charge in [0, 0.05) is 5.56 Å². The van der Waals surface area contributed by atoms with E-state index >= 15 is 0 Å². The van der Waals surface area contributed by atoms with E-state index in [1.807, 2.05) is 50.2 Å². The Morgan fingerprint density at radius 3 is 2.27 bits per heavy atom. The molecule has 4 aromatic rings. The number of aliphatic hydroxyl groups excluding tert-OH is 1. The fourth-order valence-electron chi connectivity index (χ4n) is 4.74. The van der Waals surface area contributed by atoms with Crippen LogP contribution in [0.5, 0.6) is 0 Å². The van der Waals surface area contributed by atoms with Crippen LogP contribution in [0.1, 0.15) is 54.6 Å². The van der Waals surface area contributed by atoms with Crippen LogP contribution in [0.3, 0.4) is 0 Å². The van der Waals surface area contributed by atoms with Gasteiger partial charge in [0.15, 0.2) is 5.13 Å². The molecule has 1 aliphatic rings. The Labute approximate surface area is 218 Å². The number of carbonyl (C=O) groups excluding carboxylic acids is 2. The van der Waals surface area contributed by atoms with Crippen LogP contribution in [-0.4, -0.2) is 21.8 Å². The van der Waals surface area contributed by atoms with E-state index in [9.17, 15) is 19.1 Å². The number of aryl methyl sites for hydroxylation is 2. The maximum atomic E-state index is 13.6. The number of hydrogen-bond acceptors (Lipinski definition) is 5. The predicted octanol–water partition coefficient (Wildman–Crippen LogP) is 6.98. The Morgan fingerprint density at radius 1 is 1.00 bits per heavy atom. The van der Waals surface area contributed by atoms with Crippen molar-refractivity contribution in [1.29, 1.82) is 0 Å². The number of nitrogens with zero attached hydrogens (tertiary/aromatic N) is 2. The van der Waals surface area contributed by atoms with Crippen molar-refractivity contribution in [1.82, 2.24) is 4.98 Å². The van der Waals surface area contributed by atoms with E-state index in [-0.39, 0.29) is 22.3 Å². The summed E-state index contributed by atoms with van der Waals surface area (Å²) in [5, 5.41) is 11.6. The van der Waals surface area contributed by atoms with Gasteiger partial charge in [0.05, 0.1) is 21.8 Å². The van der Waals surface area contributed by atoms with Crippen LogP contribution in [0, 0.1) is 19.7 Å². The molecule has 0 saturated carbocycles. The zero-order valence-electron chi connectivity index (χ0n) is 21.3. The standard InChI is InChI=1S/C30H27FN2O3S/c1-16-14-17(2)24-22(15-16)37-29(32-24)33-25(18-6-10-20(11-7-18)30(3,4)5)23(27(35)28(33)36)26(34)19-8-12-21(31)13-9-19/h6-15,25,34H,1-5H3/b26-23+/t25-/m1/s1. The quantitative estimate of drug-likeness (QED) is 0.182. The third-order valence-electron chi connectivity index (χ3n) is 6.68. The van der Waals surface area contributed by atoms with Gasteiger partial charge in [0.2, 0.25) is 0 Å². The van der Waals surface area contributed by atoms with Crippen molar-refractivity contribution in [2.45, 2.75) is 46.1 Å². The Balaban J connectivity index is 1.73. The van der Waals surface area contributed by atoms with Crippen LogP contribution in [0.4, 0.5) is 9.52 Å². The molecule has 5 rings (SSSR count). The summed E-state index contributed by atoms with van der Waals surface area (Å²) in [4.78, 5) is 33.0. The van der Waals surface area contributed by atoms with E-state index in [4.69, 9.17) is 4.98 Å². The number of ketones is 1. The largest absolute Gasteiger partial charge is 0.507 e. The monoisotopic (exact) mass is 514 g/mol. The molecule has 0 aliphatic carbocycles. The summed E-state index contributed by atoms with van der Waals surface area (Å²) in [5.74, 6) is -2.38. The second kappa shape index (κ2) is 8.92. The molecule has 1 amide bonds. The third-order valence-corrected chi connectivity index (χ3v) is 7.68. The topological polar surface area (TPSA) is 70.5 Å². The Kier molecular flexibility index (Phi) is 5.99. The van der Waals surface area contributed by atoms with Gasteiger partial charge in [-0.1, -0.05) is 62.4 Å². The molecule has 1 fully saturated rings. The zero-order valence-corrected chi connectivity index (χ0v) is 22.1. The number of halogens is 1. The normalized spacial score (nSPS) is 17.7. The smallest absolute Gasteiger partial charge is 0.301 e. The first kappa shape index (κ1) is 24.8. The summed E-state index contributed by atoms with van der Waals surface area (Å²) in [5.41, 5.74) is 4.71. The molecule has 5 nitrogen and oxygen atoms in total. The number of fused-ring (bicyclic) bond motifs is 1. The van der Waals surface area contributed by atoms with Crippen LogP contribution in [-0.2, 0) is 15.0 Å². The van der Waals surface area contributed by atoms with Gasteiger partial charge in [-0.15, -0.1) is 0 Å². The van der Waals surface area contributed by atoms with Crippen molar-refractivity contribution in [2.75, 3.05) is 4.90 Å². The predicted molar refractivity (Wildman–Crippen MR) is 145 cm³/mol. The summed E-state index contributed by atoms with van der Waals surface area (Å²) >= 11 is 1.33. The van der Waals surface area contributed by atoms with Gasteiger partial charge in [0.25, 0.3) is 5.78 Å². The van der Waals surface area contributed by atoms with Crippen molar-refractivity contribution < 1.29 is 19.1 Å². The number of aliphatic hydroxyl groups is 1. The fraction of sp³-hybridized carbons (Fsp3) is 0.233. The van der Waals surface area contributed by atoms with Crippen molar-refractivity contribution in [3.05, 3.63) is 99.9 Å². The van der Waals surface area contributed by atoms with Crippen molar-refractivity contribution >= 4 is 44.1 Å². The Morgan fingerprint density at radius 2 is 1.65 bits per heavy atom. The van der Waals surface area contributed by atoms with Crippen LogP contribution in [0.2, 0.25) is 0 Å². The van der Waals surface area contributed by atoms with E-state index in [0.717, 1.165) is 26.9 Å². The average molecular weight is 515 g/mol. The average Bonchev–Trinajstić information content (AvgIpc) is 3.37. The first-order valence-corrected chi connectivity index (χ1v) is 12.8. The molecule has 0 radical (unpaired) electrons. The Hall–Kier alpha value is -3.84. The van der Waals surface area contributed by atoms with Gasteiger partial charge in [-0.2, -0.15) is 0 Å². The molecule has 1 N–H and O–H groups in total. The Bertz CT molecular complexity index is 1580. The summed E-state index contributed by atoms with van der Waals surface area (Å²) in [6.45, 7) is 10.3. The molecule has 0 unspecified atom stereocenters. The SMILES string of the molecule is Cc1cc(C)c2nc(N3C(=O)C(=O)/C(=C(/O)c4ccc(F)cc4)[C@H]3c3ccc(C(C)(C)C)cc3)sc2c1. The fourth-order valence-corrected chi connectivity index (χ4v) is 5.90. The first-order valence-electron chi connectivity index (χ1n) is 12.0. The highest BCUT2D eigenvalue weighted by molar-refractivity contribution is 7.22. The van der Waals surface area contributed by atoms with E-state index in [1.165, 1.54) is 40.5 Å². The number of anilines is 1. The molecule has 2 heterocycles. The van der Waals surface area contributed by atoms with E-state index < -0.39 is 23.5 Å². The van der Waals surface area contributed by atoms with Crippen molar-refractivity contribution in [2.24, 2.45) is 0 Å². The van der Waals surface area contributed by atoms with Gasteiger partial charge in [-0.3, -0.25) is 14.5 Å². The first-order chi connectivity index (χ1) is 17.5. The summed E-state index contributed by atoms with van der Waals surface area (Å²) in [6.07, 6.45) is 0. The summed E-state index contributed by atoms with van der Waals surface area (Å²) in [7, 11) is 0. The van der Waals surface area contributed by atoms with Crippen molar-refractivity contribution in [3.8, 4) is 0 Å².